The van der Waals surface area contributed by atoms with Crippen molar-refractivity contribution in [3.63, 3.8) is 0 Å². The molecule has 1 heterocycles. The minimum absolute atomic E-state index is 0.236. The van der Waals surface area contributed by atoms with Crippen LogP contribution in [0.5, 0.6) is 5.75 Å². The van der Waals surface area contributed by atoms with Crippen molar-refractivity contribution in [1.29, 1.82) is 0 Å². The molecule has 0 radical (unpaired) electrons. The van der Waals surface area contributed by atoms with Crippen LogP contribution in [0, 0.1) is 11.7 Å². The van der Waals surface area contributed by atoms with Crippen LogP contribution >= 0.6 is 0 Å². The molecule has 1 fully saturated rings. The summed E-state index contributed by atoms with van der Waals surface area (Å²) in [6, 6.07) is 5.84. The fourth-order valence-electron chi connectivity index (χ4n) is 3.35. The van der Waals surface area contributed by atoms with Crippen LogP contribution in [0.3, 0.4) is 0 Å². The Balaban J connectivity index is 2.08. The normalized spacial score (nSPS) is 19.0. The summed E-state index contributed by atoms with van der Waals surface area (Å²) in [6.45, 7) is 7.26. The fraction of sp³-hybridized carbons (Fsp3) is 0.647. The van der Waals surface area contributed by atoms with E-state index in [2.05, 4.69) is 18.7 Å². The smallest absolute Gasteiger partial charge is 0.165 e. The highest BCUT2D eigenvalue weighted by molar-refractivity contribution is 5.32. The third-order valence-electron chi connectivity index (χ3n) is 4.73. The number of piperidine rings is 1. The Hall–Kier alpha value is -1.13. The van der Waals surface area contributed by atoms with Crippen molar-refractivity contribution in [3.8, 4) is 5.75 Å². The van der Waals surface area contributed by atoms with Gasteiger partial charge in [-0.2, -0.15) is 0 Å². The SMILES string of the molecule is COc1ccc(C(CN)C2CCN(C(C)C)CC2)cc1F. The molecule has 21 heavy (non-hydrogen) atoms. The van der Waals surface area contributed by atoms with E-state index in [1.165, 1.54) is 7.11 Å². The fourth-order valence-corrected chi connectivity index (χ4v) is 3.35. The highest BCUT2D eigenvalue weighted by atomic mass is 19.1. The molecule has 0 spiro atoms. The Morgan fingerprint density at radius 2 is 2.00 bits per heavy atom. The van der Waals surface area contributed by atoms with Crippen molar-refractivity contribution < 1.29 is 9.13 Å². The number of methoxy groups -OCH3 is 1. The second-order valence-electron chi connectivity index (χ2n) is 6.20. The Morgan fingerprint density at radius 3 is 2.48 bits per heavy atom. The maximum Gasteiger partial charge on any atom is 0.165 e. The van der Waals surface area contributed by atoms with Gasteiger partial charge in [0.2, 0.25) is 0 Å². The lowest BCUT2D eigenvalue weighted by molar-refractivity contribution is 0.138. The average Bonchev–Trinajstić information content (AvgIpc) is 2.49. The molecule has 0 aliphatic carbocycles. The summed E-state index contributed by atoms with van der Waals surface area (Å²) in [7, 11) is 1.49. The maximum absolute atomic E-state index is 13.9. The zero-order chi connectivity index (χ0) is 15.4. The van der Waals surface area contributed by atoms with Crippen molar-refractivity contribution in [3.05, 3.63) is 29.6 Å². The third-order valence-corrected chi connectivity index (χ3v) is 4.73. The summed E-state index contributed by atoms with van der Waals surface area (Å²) in [4.78, 5) is 2.50. The van der Waals surface area contributed by atoms with Crippen LogP contribution in [-0.2, 0) is 0 Å². The number of rotatable bonds is 5. The highest BCUT2D eigenvalue weighted by Gasteiger charge is 2.28. The van der Waals surface area contributed by atoms with E-state index < -0.39 is 0 Å². The molecule has 1 saturated heterocycles. The van der Waals surface area contributed by atoms with Gasteiger partial charge in [0.15, 0.2) is 11.6 Å². The summed E-state index contributed by atoms with van der Waals surface area (Å²) in [5.41, 5.74) is 6.98. The van der Waals surface area contributed by atoms with Gasteiger partial charge in [-0.1, -0.05) is 6.07 Å². The van der Waals surface area contributed by atoms with Gasteiger partial charge >= 0.3 is 0 Å². The molecule has 1 aliphatic rings. The molecule has 0 amide bonds. The molecule has 0 bridgehead atoms. The van der Waals surface area contributed by atoms with E-state index in [1.54, 1.807) is 12.1 Å². The van der Waals surface area contributed by atoms with Gasteiger partial charge in [0.05, 0.1) is 7.11 Å². The first-order chi connectivity index (χ1) is 10.1. The Bertz CT molecular complexity index is 456. The van der Waals surface area contributed by atoms with Gasteiger partial charge in [-0.25, -0.2) is 4.39 Å². The van der Waals surface area contributed by atoms with Gasteiger partial charge in [-0.3, -0.25) is 0 Å². The molecule has 3 nitrogen and oxygen atoms in total. The Kier molecular flexibility index (Phi) is 5.59. The topological polar surface area (TPSA) is 38.5 Å². The number of hydrogen-bond donors (Lipinski definition) is 1. The van der Waals surface area contributed by atoms with Gasteiger partial charge < -0.3 is 15.4 Å². The van der Waals surface area contributed by atoms with Crippen LogP contribution in [0.4, 0.5) is 4.39 Å². The number of ether oxygens (including phenoxy) is 1. The van der Waals surface area contributed by atoms with Gasteiger partial charge in [0.1, 0.15) is 0 Å². The molecular formula is C17H27FN2O. The molecule has 2 N–H and O–H groups in total. The van der Waals surface area contributed by atoms with Crippen LogP contribution in [0.2, 0.25) is 0 Å². The first kappa shape index (κ1) is 16.2. The number of nitrogens with two attached hydrogens (primary N) is 1. The first-order valence-electron chi connectivity index (χ1n) is 7.84. The summed E-state index contributed by atoms with van der Waals surface area (Å²) in [6.07, 6.45) is 2.27. The van der Waals surface area contributed by atoms with Gasteiger partial charge in [0.25, 0.3) is 0 Å². The van der Waals surface area contributed by atoms with Gasteiger partial charge in [-0.15, -0.1) is 0 Å². The van der Waals surface area contributed by atoms with E-state index in [1.807, 2.05) is 6.07 Å². The summed E-state index contributed by atoms with van der Waals surface area (Å²) < 4.78 is 18.9. The van der Waals surface area contributed by atoms with Crippen molar-refractivity contribution in [2.45, 2.75) is 38.6 Å². The number of likely N-dealkylation sites (tertiary alicyclic amines) is 1. The highest BCUT2D eigenvalue weighted by Crippen LogP contribution is 2.34. The molecule has 0 saturated carbocycles. The van der Waals surface area contributed by atoms with Crippen LogP contribution in [0.1, 0.15) is 38.2 Å². The molecule has 1 aromatic rings. The predicted molar refractivity (Wildman–Crippen MR) is 84.2 cm³/mol. The van der Waals surface area contributed by atoms with Crippen LogP contribution in [0.15, 0.2) is 18.2 Å². The van der Waals surface area contributed by atoms with Crippen molar-refractivity contribution >= 4 is 0 Å². The van der Waals surface area contributed by atoms with E-state index in [0.29, 0.717) is 24.3 Å². The lowest BCUT2D eigenvalue weighted by Crippen LogP contribution is -2.40. The summed E-state index contributed by atoms with van der Waals surface area (Å²) in [5.74, 6) is 0.773. The lowest BCUT2D eigenvalue weighted by atomic mass is 9.80. The van der Waals surface area contributed by atoms with Gasteiger partial charge in [0, 0.05) is 6.04 Å². The van der Waals surface area contributed by atoms with E-state index >= 15 is 0 Å². The standard InChI is InChI=1S/C17H27FN2O/c1-12(2)20-8-6-13(7-9-20)15(11-19)14-4-5-17(21-3)16(18)10-14/h4-5,10,12-13,15H,6-9,11,19H2,1-3H3. The molecule has 118 valence electrons. The number of halogens is 1. The second-order valence-corrected chi connectivity index (χ2v) is 6.20. The largest absolute Gasteiger partial charge is 0.494 e. The molecule has 1 unspecified atom stereocenters. The Labute approximate surface area is 127 Å². The maximum atomic E-state index is 13.9. The monoisotopic (exact) mass is 294 g/mol. The number of benzene rings is 1. The molecule has 1 aliphatic heterocycles. The van der Waals surface area contributed by atoms with Crippen LogP contribution in [0.25, 0.3) is 0 Å². The molecule has 1 atom stereocenters. The summed E-state index contributed by atoms with van der Waals surface area (Å²) >= 11 is 0. The average molecular weight is 294 g/mol. The van der Waals surface area contributed by atoms with Crippen molar-refractivity contribution in [2.24, 2.45) is 11.7 Å². The summed E-state index contributed by atoms with van der Waals surface area (Å²) in [5, 5.41) is 0. The zero-order valence-electron chi connectivity index (χ0n) is 13.3. The van der Waals surface area contributed by atoms with Crippen molar-refractivity contribution in [1.82, 2.24) is 4.90 Å². The third kappa shape index (κ3) is 3.74. The zero-order valence-corrected chi connectivity index (χ0v) is 13.3. The number of hydrogen-bond acceptors (Lipinski definition) is 3. The molecule has 2 rings (SSSR count). The first-order valence-corrected chi connectivity index (χ1v) is 7.84. The minimum atomic E-state index is -0.298. The van der Waals surface area contributed by atoms with E-state index in [0.717, 1.165) is 31.5 Å². The minimum Gasteiger partial charge on any atom is -0.494 e. The van der Waals surface area contributed by atoms with E-state index in [4.69, 9.17) is 10.5 Å². The lowest BCUT2D eigenvalue weighted by Gasteiger charge is -2.38. The predicted octanol–water partition coefficient (Wildman–Crippen LogP) is 3.00. The van der Waals surface area contributed by atoms with E-state index in [-0.39, 0.29) is 11.7 Å². The van der Waals surface area contributed by atoms with Gasteiger partial charge in [-0.05, 0) is 75.9 Å². The Morgan fingerprint density at radius 1 is 1.33 bits per heavy atom. The van der Waals surface area contributed by atoms with E-state index in [9.17, 15) is 4.39 Å². The van der Waals surface area contributed by atoms with Crippen LogP contribution < -0.4 is 10.5 Å². The van der Waals surface area contributed by atoms with Crippen LogP contribution in [-0.4, -0.2) is 37.7 Å². The second kappa shape index (κ2) is 7.23. The number of nitrogens with zero attached hydrogens (tertiary/aromatic N) is 1. The molecule has 4 heteroatoms. The molecule has 1 aromatic carbocycles. The quantitative estimate of drug-likeness (QED) is 0.907. The molecular weight excluding hydrogens is 267 g/mol. The van der Waals surface area contributed by atoms with Crippen molar-refractivity contribution in [2.75, 3.05) is 26.7 Å². The molecule has 0 aromatic heterocycles.